The van der Waals surface area contributed by atoms with Gasteiger partial charge in [0.25, 0.3) is 0 Å². The van der Waals surface area contributed by atoms with E-state index in [1.54, 1.807) is 0 Å². The number of carbonyl (C=O) groups excluding carboxylic acids is 1. The Labute approximate surface area is 58.3 Å². The van der Waals surface area contributed by atoms with Crippen molar-refractivity contribution in [2.75, 3.05) is 18.1 Å². The number of amides is 1. The molecule has 0 saturated heterocycles. The highest BCUT2D eigenvalue weighted by atomic mass is 32.2. The number of hydrogen-bond donors (Lipinski definition) is 3. The van der Waals surface area contributed by atoms with E-state index in [2.05, 4.69) is 0 Å². The van der Waals surface area contributed by atoms with Crippen molar-refractivity contribution in [2.45, 2.75) is 0 Å². The third-order valence-electron chi connectivity index (χ3n) is 0.656. The molecule has 0 aromatic rings. The molecule has 0 aromatic heterocycles. The van der Waals surface area contributed by atoms with Gasteiger partial charge in [0.05, 0.1) is 5.75 Å². The Hall–Kier alpha value is -0.260. The van der Waals surface area contributed by atoms with Gasteiger partial charge >= 0.3 is 0 Å². The molecule has 0 heterocycles. The van der Waals surface area contributed by atoms with Crippen molar-refractivity contribution in [3.05, 3.63) is 0 Å². The lowest BCUT2D eigenvalue weighted by Gasteiger charge is -1.96. The highest BCUT2D eigenvalue weighted by molar-refractivity contribution is 7.99. The molecule has 0 spiro atoms. The third kappa shape index (κ3) is 5.61. The Morgan fingerprint density at radius 3 is 2.78 bits per heavy atom. The van der Waals surface area contributed by atoms with Crippen molar-refractivity contribution in [2.24, 2.45) is 11.6 Å². The van der Waals surface area contributed by atoms with Crippen molar-refractivity contribution in [3.63, 3.8) is 0 Å². The zero-order valence-corrected chi connectivity index (χ0v) is 5.91. The first kappa shape index (κ1) is 8.74. The van der Waals surface area contributed by atoms with Gasteiger partial charge in [0.15, 0.2) is 0 Å². The van der Waals surface area contributed by atoms with E-state index in [0.717, 1.165) is 5.75 Å². The highest BCUT2D eigenvalue weighted by Gasteiger charge is 1.95. The summed E-state index contributed by atoms with van der Waals surface area (Å²) < 4.78 is 0. The lowest BCUT2D eigenvalue weighted by molar-refractivity contribution is -0.118. The first-order valence-electron chi connectivity index (χ1n) is 2.58. The first-order chi connectivity index (χ1) is 4.31. The molecule has 0 aliphatic carbocycles. The molecule has 0 radical (unpaired) electrons. The van der Waals surface area contributed by atoms with Gasteiger partial charge in [0.2, 0.25) is 5.91 Å². The van der Waals surface area contributed by atoms with E-state index >= 15 is 0 Å². The number of thioether (sulfide) groups is 1. The van der Waals surface area contributed by atoms with Crippen molar-refractivity contribution in [1.29, 1.82) is 0 Å². The maximum Gasteiger partial charge on any atom is 0.243 e. The largest absolute Gasteiger partial charge is 0.330 e. The number of nitrogens with two attached hydrogens (primary N) is 2. The highest BCUT2D eigenvalue weighted by Crippen LogP contribution is 1.95. The van der Waals surface area contributed by atoms with E-state index < -0.39 is 0 Å². The fraction of sp³-hybridized carbons (Fsp3) is 0.750. The fourth-order valence-electron chi connectivity index (χ4n) is 0.290. The molecule has 0 saturated carbocycles. The summed E-state index contributed by atoms with van der Waals surface area (Å²) in [5.74, 6) is 5.85. The van der Waals surface area contributed by atoms with Gasteiger partial charge in [0, 0.05) is 12.3 Å². The van der Waals surface area contributed by atoms with E-state index in [0.29, 0.717) is 12.3 Å². The zero-order valence-electron chi connectivity index (χ0n) is 5.09. The van der Waals surface area contributed by atoms with E-state index in [1.165, 1.54) is 11.8 Å². The SMILES string of the molecule is NCCSCC(=O)NN. The van der Waals surface area contributed by atoms with Gasteiger partial charge in [-0.2, -0.15) is 11.8 Å². The van der Waals surface area contributed by atoms with Gasteiger partial charge in [-0.05, 0) is 0 Å². The minimum atomic E-state index is -0.159. The summed E-state index contributed by atoms with van der Waals surface area (Å²) in [6.07, 6.45) is 0. The Kier molecular flexibility index (Phi) is 5.70. The fourth-order valence-corrected chi connectivity index (χ4v) is 0.870. The predicted molar refractivity (Wildman–Crippen MR) is 38.7 cm³/mol. The van der Waals surface area contributed by atoms with Crippen LogP contribution >= 0.6 is 11.8 Å². The minimum absolute atomic E-state index is 0.159. The topological polar surface area (TPSA) is 81.1 Å². The van der Waals surface area contributed by atoms with Crippen LogP contribution in [0.4, 0.5) is 0 Å². The van der Waals surface area contributed by atoms with E-state index in [-0.39, 0.29) is 5.91 Å². The summed E-state index contributed by atoms with van der Waals surface area (Å²) in [7, 11) is 0. The summed E-state index contributed by atoms with van der Waals surface area (Å²) >= 11 is 1.47. The second-order valence-electron chi connectivity index (χ2n) is 1.41. The molecule has 1 amide bonds. The second kappa shape index (κ2) is 5.87. The number of carbonyl (C=O) groups is 1. The standard InChI is InChI=1S/C4H11N3OS/c5-1-2-9-3-4(8)7-6/h1-3,5-6H2,(H,7,8). The van der Waals surface area contributed by atoms with Crippen LogP contribution in [-0.4, -0.2) is 24.0 Å². The molecule has 0 atom stereocenters. The van der Waals surface area contributed by atoms with Crippen LogP contribution in [0.2, 0.25) is 0 Å². The van der Waals surface area contributed by atoms with E-state index in [9.17, 15) is 4.79 Å². The van der Waals surface area contributed by atoms with Crippen LogP contribution in [0.15, 0.2) is 0 Å². The molecule has 0 rings (SSSR count). The summed E-state index contributed by atoms with van der Waals surface area (Å²) in [5, 5.41) is 0. The number of nitrogens with one attached hydrogen (secondary N) is 1. The summed E-state index contributed by atoms with van der Waals surface area (Å²) in [4.78, 5) is 10.4. The molecule has 0 aliphatic heterocycles. The van der Waals surface area contributed by atoms with Crippen LogP contribution in [-0.2, 0) is 4.79 Å². The van der Waals surface area contributed by atoms with Crippen LogP contribution in [0, 0.1) is 0 Å². The maximum absolute atomic E-state index is 10.4. The number of hydrogen-bond acceptors (Lipinski definition) is 4. The molecule has 5 N–H and O–H groups in total. The maximum atomic E-state index is 10.4. The molecule has 0 aliphatic rings. The first-order valence-corrected chi connectivity index (χ1v) is 3.74. The van der Waals surface area contributed by atoms with E-state index in [4.69, 9.17) is 11.6 Å². The van der Waals surface area contributed by atoms with Crippen molar-refractivity contribution < 1.29 is 4.79 Å². The Bertz CT molecular complexity index is 87.9. The summed E-state index contributed by atoms with van der Waals surface area (Å²) in [6.45, 7) is 0.600. The Morgan fingerprint density at radius 1 is 1.67 bits per heavy atom. The lowest BCUT2D eigenvalue weighted by atomic mass is 10.7. The summed E-state index contributed by atoms with van der Waals surface area (Å²) in [6, 6.07) is 0. The molecule has 0 fully saturated rings. The van der Waals surface area contributed by atoms with Gasteiger partial charge in [0.1, 0.15) is 0 Å². The third-order valence-corrected chi connectivity index (χ3v) is 1.65. The van der Waals surface area contributed by atoms with Crippen LogP contribution in [0.3, 0.4) is 0 Å². The Morgan fingerprint density at radius 2 is 2.33 bits per heavy atom. The average Bonchev–Trinajstić information content (AvgIpc) is 1.89. The monoisotopic (exact) mass is 149 g/mol. The zero-order chi connectivity index (χ0) is 7.11. The van der Waals surface area contributed by atoms with Gasteiger partial charge < -0.3 is 5.73 Å². The molecule has 5 heteroatoms. The smallest absolute Gasteiger partial charge is 0.243 e. The van der Waals surface area contributed by atoms with E-state index in [1.807, 2.05) is 5.43 Å². The summed E-state index contributed by atoms with van der Waals surface area (Å²) in [5.41, 5.74) is 7.20. The van der Waals surface area contributed by atoms with Crippen LogP contribution in [0.25, 0.3) is 0 Å². The predicted octanol–water partition coefficient (Wildman–Crippen LogP) is -1.33. The van der Waals surface area contributed by atoms with Crippen molar-refractivity contribution >= 4 is 17.7 Å². The molecule has 0 unspecified atom stereocenters. The molecule has 54 valence electrons. The van der Waals surface area contributed by atoms with Gasteiger partial charge in [-0.25, -0.2) is 5.84 Å². The quantitative estimate of drug-likeness (QED) is 0.200. The van der Waals surface area contributed by atoms with Crippen molar-refractivity contribution in [1.82, 2.24) is 5.43 Å². The molecule has 0 aromatic carbocycles. The van der Waals surface area contributed by atoms with Gasteiger partial charge in [-0.15, -0.1) is 0 Å². The number of hydrazine groups is 1. The molecule has 4 nitrogen and oxygen atoms in total. The van der Waals surface area contributed by atoms with Gasteiger partial charge in [-0.1, -0.05) is 0 Å². The lowest BCUT2D eigenvalue weighted by Crippen LogP contribution is -2.31. The number of rotatable bonds is 4. The normalized spacial score (nSPS) is 9.11. The second-order valence-corrected chi connectivity index (χ2v) is 2.51. The average molecular weight is 149 g/mol. The molecule has 0 bridgehead atoms. The van der Waals surface area contributed by atoms with Crippen LogP contribution < -0.4 is 17.0 Å². The van der Waals surface area contributed by atoms with Crippen molar-refractivity contribution in [3.8, 4) is 0 Å². The van der Waals surface area contributed by atoms with Gasteiger partial charge in [-0.3, -0.25) is 10.2 Å². The van der Waals surface area contributed by atoms with Crippen LogP contribution in [0.5, 0.6) is 0 Å². The minimum Gasteiger partial charge on any atom is -0.330 e. The molecular formula is C4H11N3OS. The molecule has 9 heavy (non-hydrogen) atoms. The van der Waals surface area contributed by atoms with Crippen LogP contribution in [0.1, 0.15) is 0 Å². The molecular weight excluding hydrogens is 138 g/mol. The Balaban J connectivity index is 2.97.